The standard InChI is InChI=1S/C13H23N/c1-6-9-10-13(12(4)5)11-14(7-2)8-3/h6,9-10H,1,7-8,11H2,2-5H3/b10-9-. The van der Waals surface area contributed by atoms with Crippen LogP contribution < -0.4 is 0 Å². The smallest absolute Gasteiger partial charge is 0.0232 e. The Kier molecular flexibility index (Phi) is 7.13. The Bertz CT molecular complexity index is 215. The van der Waals surface area contributed by atoms with E-state index in [9.17, 15) is 0 Å². The van der Waals surface area contributed by atoms with Gasteiger partial charge in [-0.05, 0) is 32.5 Å². The van der Waals surface area contributed by atoms with E-state index in [1.54, 1.807) is 0 Å². The molecule has 0 radical (unpaired) electrons. The predicted octanol–water partition coefficient (Wildman–Crippen LogP) is 3.41. The van der Waals surface area contributed by atoms with Gasteiger partial charge in [0.2, 0.25) is 0 Å². The predicted molar refractivity (Wildman–Crippen MR) is 65.5 cm³/mol. The maximum absolute atomic E-state index is 3.69. The van der Waals surface area contributed by atoms with Crippen LogP contribution in [-0.4, -0.2) is 24.5 Å². The molecule has 14 heavy (non-hydrogen) atoms. The number of hydrogen-bond donors (Lipinski definition) is 0. The van der Waals surface area contributed by atoms with Crippen molar-refractivity contribution < 1.29 is 0 Å². The Balaban J connectivity index is 4.46. The number of nitrogens with zero attached hydrogens (tertiary/aromatic N) is 1. The highest BCUT2D eigenvalue weighted by Crippen LogP contribution is 2.07. The van der Waals surface area contributed by atoms with Gasteiger partial charge in [0.15, 0.2) is 0 Å². The minimum atomic E-state index is 1.04. The van der Waals surface area contributed by atoms with E-state index in [0.717, 1.165) is 19.6 Å². The topological polar surface area (TPSA) is 3.24 Å². The van der Waals surface area contributed by atoms with Crippen molar-refractivity contribution in [2.75, 3.05) is 19.6 Å². The lowest BCUT2D eigenvalue weighted by Gasteiger charge is -2.19. The van der Waals surface area contributed by atoms with Crippen LogP contribution in [0.15, 0.2) is 36.0 Å². The maximum Gasteiger partial charge on any atom is 0.0232 e. The second-order valence-corrected chi connectivity index (χ2v) is 3.58. The van der Waals surface area contributed by atoms with Crippen molar-refractivity contribution in [1.82, 2.24) is 4.90 Å². The summed E-state index contributed by atoms with van der Waals surface area (Å²) in [6, 6.07) is 0. The maximum atomic E-state index is 3.69. The highest BCUT2D eigenvalue weighted by molar-refractivity contribution is 5.27. The fourth-order valence-electron chi connectivity index (χ4n) is 1.25. The van der Waals surface area contributed by atoms with Gasteiger partial charge in [0.1, 0.15) is 0 Å². The molecule has 0 amide bonds. The summed E-state index contributed by atoms with van der Waals surface area (Å²) in [6.07, 6.45) is 5.98. The van der Waals surface area contributed by atoms with Crippen LogP contribution in [0.4, 0.5) is 0 Å². The average Bonchev–Trinajstić information content (AvgIpc) is 2.18. The van der Waals surface area contributed by atoms with E-state index in [1.165, 1.54) is 11.1 Å². The Morgan fingerprint density at radius 3 is 2.14 bits per heavy atom. The van der Waals surface area contributed by atoms with Crippen LogP contribution in [0.1, 0.15) is 27.7 Å². The summed E-state index contributed by atoms with van der Waals surface area (Å²) in [5.74, 6) is 0. The van der Waals surface area contributed by atoms with Crippen LogP contribution in [0.25, 0.3) is 0 Å². The number of likely N-dealkylation sites (N-methyl/N-ethyl adjacent to an activating group) is 1. The Morgan fingerprint density at radius 1 is 1.21 bits per heavy atom. The molecule has 0 saturated carbocycles. The molecule has 0 aromatic rings. The van der Waals surface area contributed by atoms with E-state index in [1.807, 2.05) is 12.2 Å². The Labute approximate surface area is 88.8 Å². The largest absolute Gasteiger partial charge is 0.300 e. The van der Waals surface area contributed by atoms with Gasteiger partial charge in [-0.1, -0.05) is 44.2 Å². The van der Waals surface area contributed by atoms with Gasteiger partial charge < -0.3 is 0 Å². The molecule has 0 bridgehead atoms. The molecule has 0 spiro atoms. The fourth-order valence-corrected chi connectivity index (χ4v) is 1.25. The van der Waals surface area contributed by atoms with Crippen molar-refractivity contribution in [3.05, 3.63) is 36.0 Å². The average molecular weight is 193 g/mol. The summed E-state index contributed by atoms with van der Waals surface area (Å²) < 4.78 is 0. The fraction of sp³-hybridized carbons (Fsp3) is 0.538. The summed E-state index contributed by atoms with van der Waals surface area (Å²) in [4.78, 5) is 2.41. The summed E-state index contributed by atoms with van der Waals surface area (Å²) in [6.45, 7) is 15.7. The number of rotatable bonds is 6. The second-order valence-electron chi connectivity index (χ2n) is 3.58. The molecule has 0 aliphatic carbocycles. The van der Waals surface area contributed by atoms with Crippen molar-refractivity contribution >= 4 is 0 Å². The van der Waals surface area contributed by atoms with E-state index < -0.39 is 0 Å². The molecule has 0 saturated heterocycles. The van der Waals surface area contributed by atoms with Crippen molar-refractivity contribution in [2.45, 2.75) is 27.7 Å². The summed E-state index contributed by atoms with van der Waals surface area (Å²) in [5.41, 5.74) is 2.78. The van der Waals surface area contributed by atoms with Gasteiger partial charge >= 0.3 is 0 Å². The molecule has 0 N–H and O–H groups in total. The third kappa shape index (κ3) is 5.03. The van der Waals surface area contributed by atoms with Gasteiger partial charge in [-0.25, -0.2) is 0 Å². The molecule has 1 nitrogen and oxygen atoms in total. The third-order valence-electron chi connectivity index (χ3n) is 2.36. The van der Waals surface area contributed by atoms with E-state index in [0.29, 0.717) is 0 Å². The summed E-state index contributed by atoms with van der Waals surface area (Å²) in [5, 5.41) is 0. The van der Waals surface area contributed by atoms with Crippen LogP contribution >= 0.6 is 0 Å². The molecule has 0 fully saturated rings. The second kappa shape index (κ2) is 7.57. The zero-order chi connectivity index (χ0) is 11.0. The first-order valence-corrected chi connectivity index (χ1v) is 5.33. The first-order valence-electron chi connectivity index (χ1n) is 5.33. The molecule has 0 rings (SSSR count). The minimum Gasteiger partial charge on any atom is -0.300 e. The monoisotopic (exact) mass is 193 g/mol. The van der Waals surface area contributed by atoms with Crippen LogP contribution in [0, 0.1) is 0 Å². The molecule has 0 unspecified atom stereocenters. The SMILES string of the molecule is C=C/C=C\C(CN(CC)CC)=C(C)C. The molecule has 0 heterocycles. The van der Waals surface area contributed by atoms with Crippen LogP contribution in [-0.2, 0) is 0 Å². The van der Waals surface area contributed by atoms with Crippen molar-refractivity contribution in [1.29, 1.82) is 0 Å². The van der Waals surface area contributed by atoms with E-state index >= 15 is 0 Å². The quantitative estimate of drug-likeness (QED) is 0.584. The van der Waals surface area contributed by atoms with Gasteiger partial charge in [-0.2, -0.15) is 0 Å². The lowest BCUT2D eigenvalue weighted by Crippen LogP contribution is -2.25. The molecule has 0 aromatic carbocycles. The molecule has 0 aliphatic rings. The third-order valence-corrected chi connectivity index (χ3v) is 2.36. The lowest BCUT2D eigenvalue weighted by molar-refractivity contribution is 0.331. The van der Waals surface area contributed by atoms with Gasteiger partial charge in [0.05, 0.1) is 0 Å². The van der Waals surface area contributed by atoms with Gasteiger partial charge in [-0.15, -0.1) is 0 Å². The van der Waals surface area contributed by atoms with Crippen molar-refractivity contribution in [2.24, 2.45) is 0 Å². The minimum absolute atomic E-state index is 1.04. The van der Waals surface area contributed by atoms with E-state index in [-0.39, 0.29) is 0 Å². The molecule has 0 aliphatic heterocycles. The molecular weight excluding hydrogens is 170 g/mol. The summed E-state index contributed by atoms with van der Waals surface area (Å²) >= 11 is 0. The van der Waals surface area contributed by atoms with E-state index in [2.05, 4.69) is 45.2 Å². The number of allylic oxidation sites excluding steroid dienone is 3. The van der Waals surface area contributed by atoms with Gasteiger partial charge in [-0.3, -0.25) is 4.90 Å². The van der Waals surface area contributed by atoms with Crippen molar-refractivity contribution in [3.63, 3.8) is 0 Å². The highest BCUT2D eigenvalue weighted by Gasteiger charge is 2.02. The zero-order valence-electron chi connectivity index (χ0n) is 10.0. The first-order chi connectivity index (χ1) is 6.65. The van der Waals surface area contributed by atoms with Crippen LogP contribution in [0.3, 0.4) is 0 Å². The molecule has 1 heteroatoms. The number of hydrogen-bond acceptors (Lipinski definition) is 1. The van der Waals surface area contributed by atoms with E-state index in [4.69, 9.17) is 0 Å². The summed E-state index contributed by atoms with van der Waals surface area (Å²) in [7, 11) is 0. The highest BCUT2D eigenvalue weighted by atomic mass is 15.1. The van der Waals surface area contributed by atoms with Crippen LogP contribution in [0.2, 0.25) is 0 Å². The molecule has 0 aromatic heterocycles. The molecule has 80 valence electrons. The molecular formula is C13H23N. The van der Waals surface area contributed by atoms with Crippen LogP contribution in [0.5, 0.6) is 0 Å². The van der Waals surface area contributed by atoms with Gasteiger partial charge in [0.25, 0.3) is 0 Å². The Hall–Kier alpha value is -0.820. The lowest BCUT2D eigenvalue weighted by atomic mass is 10.1. The van der Waals surface area contributed by atoms with Crippen molar-refractivity contribution in [3.8, 4) is 0 Å². The Morgan fingerprint density at radius 2 is 1.79 bits per heavy atom. The zero-order valence-corrected chi connectivity index (χ0v) is 10.0. The first kappa shape index (κ1) is 13.2. The molecule has 0 atom stereocenters. The normalized spacial score (nSPS) is 10.9. The van der Waals surface area contributed by atoms with Gasteiger partial charge in [0, 0.05) is 6.54 Å².